The van der Waals surface area contributed by atoms with E-state index in [2.05, 4.69) is 0 Å². The van der Waals surface area contributed by atoms with Crippen LogP contribution in [-0.2, 0) is 23.9 Å². The molecule has 0 aromatic carbocycles. The van der Waals surface area contributed by atoms with Crippen LogP contribution in [-0.4, -0.2) is 36.2 Å². The van der Waals surface area contributed by atoms with Crippen molar-refractivity contribution in [3.8, 4) is 0 Å². The van der Waals surface area contributed by atoms with Gasteiger partial charge in [0.2, 0.25) is 0 Å². The number of aliphatic carboxylic acids is 1. The first-order chi connectivity index (χ1) is 8.56. The van der Waals surface area contributed by atoms with E-state index >= 15 is 0 Å². The van der Waals surface area contributed by atoms with E-state index in [1.165, 1.54) is 6.08 Å². The number of hydrogen-bond acceptors (Lipinski definition) is 6. The van der Waals surface area contributed by atoms with Crippen molar-refractivity contribution in [3.63, 3.8) is 0 Å². The molecule has 0 heterocycles. The highest BCUT2D eigenvalue weighted by molar-refractivity contribution is 5.90. The number of carbonyl (C=O) groups excluding carboxylic acids is 2. The third kappa shape index (κ3) is 13.8. The van der Waals surface area contributed by atoms with Gasteiger partial charge in [-0.3, -0.25) is 0 Å². The molecule has 0 aromatic heterocycles. The van der Waals surface area contributed by atoms with Crippen LogP contribution in [0.1, 0.15) is 19.8 Å². The van der Waals surface area contributed by atoms with E-state index in [0.717, 1.165) is 6.08 Å². The molecule has 0 fully saturated rings. The van der Waals surface area contributed by atoms with Crippen LogP contribution in [0.2, 0.25) is 0 Å². The zero-order chi connectivity index (χ0) is 13.8. The number of carboxylic acids is 1. The van der Waals surface area contributed by atoms with E-state index in [-0.39, 0.29) is 19.4 Å². The molecule has 0 aliphatic carbocycles. The maximum absolute atomic E-state index is 10.9. The number of rotatable bonds is 8. The van der Waals surface area contributed by atoms with Gasteiger partial charge in [0.1, 0.15) is 0 Å². The van der Waals surface area contributed by atoms with Crippen LogP contribution >= 0.6 is 0 Å². The lowest BCUT2D eigenvalue weighted by molar-refractivity contribution is -0.140. The molecule has 0 unspecified atom stereocenters. The Kier molecular flexibility index (Phi) is 12.4. The predicted molar refractivity (Wildman–Crippen MR) is 67.8 cm³/mol. The molecule has 7 heteroatoms. The van der Waals surface area contributed by atoms with E-state index in [1.807, 2.05) is 0 Å². The quantitative estimate of drug-likeness (QED) is 0.387. The maximum Gasteiger partial charge on any atom is 0.331 e. The monoisotopic (exact) mass is 273 g/mol. The fraction of sp³-hybridized carbons (Fsp3) is 0.417. The summed E-state index contributed by atoms with van der Waals surface area (Å²) >= 11 is 0. The van der Waals surface area contributed by atoms with Crippen molar-refractivity contribution >= 4 is 17.9 Å². The molecular weight excluding hydrogens is 254 g/mol. The normalized spacial score (nSPS) is 10.2. The van der Waals surface area contributed by atoms with E-state index in [9.17, 15) is 14.4 Å². The second-order valence-electron chi connectivity index (χ2n) is 3.21. The van der Waals surface area contributed by atoms with Crippen LogP contribution in [0, 0.1) is 0 Å². The van der Waals surface area contributed by atoms with Gasteiger partial charge in [-0.1, -0.05) is 6.08 Å². The highest BCUT2D eigenvalue weighted by Crippen LogP contribution is 1.94. The Balaban J connectivity index is 0. The zero-order valence-corrected chi connectivity index (χ0v) is 10.8. The number of carbonyl (C=O) groups is 3. The summed E-state index contributed by atoms with van der Waals surface area (Å²) in [4.78, 5) is 31.9. The Morgan fingerprint density at radius 2 is 1.42 bits per heavy atom. The lowest BCUT2D eigenvalue weighted by Crippen LogP contribution is -2.06. The third-order valence-electron chi connectivity index (χ3n) is 1.69. The summed E-state index contributed by atoms with van der Waals surface area (Å²) in [6.45, 7) is 2.13. The third-order valence-corrected chi connectivity index (χ3v) is 1.69. The molecule has 4 N–H and O–H groups in total. The zero-order valence-electron chi connectivity index (χ0n) is 10.8. The van der Waals surface area contributed by atoms with Crippen LogP contribution in [0.5, 0.6) is 0 Å². The van der Waals surface area contributed by atoms with Crippen LogP contribution in [0.25, 0.3) is 0 Å². The van der Waals surface area contributed by atoms with Crippen molar-refractivity contribution in [1.82, 2.24) is 6.15 Å². The molecule has 0 aliphatic rings. The first kappa shape index (κ1) is 19.2. The van der Waals surface area contributed by atoms with Crippen molar-refractivity contribution in [1.29, 1.82) is 0 Å². The van der Waals surface area contributed by atoms with Crippen LogP contribution in [0.3, 0.4) is 0 Å². The van der Waals surface area contributed by atoms with E-state index in [0.29, 0.717) is 18.9 Å². The number of unbranched alkanes of at least 4 members (excludes halogenated alkanes) is 1. The van der Waals surface area contributed by atoms with Gasteiger partial charge in [-0.05, 0) is 19.8 Å². The summed E-state index contributed by atoms with van der Waals surface area (Å²) in [5.74, 6) is -2.31. The molecule has 0 rings (SSSR count). The lowest BCUT2D eigenvalue weighted by atomic mass is 10.3. The van der Waals surface area contributed by atoms with Crippen molar-refractivity contribution in [2.45, 2.75) is 19.8 Å². The second-order valence-corrected chi connectivity index (χ2v) is 3.21. The Labute approximate surface area is 111 Å². The van der Waals surface area contributed by atoms with Crippen LogP contribution < -0.4 is 6.15 Å². The molecule has 0 saturated carbocycles. The molecule has 0 saturated heterocycles. The average Bonchev–Trinajstić information content (AvgIpc) is 2.31. The highest BCUT2D eigenvalue weighted by Gasteiger charge is 1.99. The molecular formula is C12H19NO6. The number of ether oxygens (including phenoxy) is 2. The molecule has 0 spiro atoms. The number of carboxylic acid groups (broad SMARTS) is 1. The number of hydrogen-bond donors (Lipinski definition) is 2. The largest absolute Gasteiger partial charge is 0.478 e. The molecule has 0 bridgehead atoms. The van der Waals surface area contributed by atoms with Gasteiger partial charge < -0.3 is 20.7 Å². The van der Waals surface area contributed by atoms with Gasteiger partial charge in [-0.15, -0.1) is 0 Å². The summed E-state index contributed by atoms with van der Waals surface area (Å²) in [7, 11) is 0. The lowest BCUT2D eigenvalue weighted by Gasteiger charge is -2.02. The van der Waals surface area contributed by atoms with Crippen molar-refractivity contribution in [3.05, 3.63) is 24.3 Å². The number of allylic oxidation sites excluding steroid dienone is 1. The van der Waals surface area contributed by atoms with Gasteiger partial charge in [0.25, 0.3) is 0 Å². The first-order valence-electron chi connectivity index (χ1n) is 5.43. The topological polar surface area (TPSA) is 125 Å². The maximum atomic E-state index is 10.9. The fourth-order valence-corrected chi connectivity index (χ4v) is 0.921. The van der Waals surface area contributed by atoms with Crippen molar-refractivity contribution < 1.29 is 29.0 Å². The summed E-state index contributed by atoms with van der Waals surface area (Å²) in [5, 5.41) is 8.25. The predicted octanol–water partition coefficient (Wildman–Crippen LogP) is 1.23. The Morgan fingerprint density at radius 1 is 0.947 bits per heavy atom. The average molecular weight is 273 g/mol. The van der Waals surface area contributed by atoms with Gasteiger partial charge in [0.15, 0.2) is 0 Å². The molecule has 108 valence electrons. The van der Waals surface area contributed by atoms with Crippen molar-refractivity contribution in [2.75, 3.05) is 13.2 Å². The van der Waals surface area contributed by atoms with Gasteiger partial charge >= 0.3 is 17.9 Å². The van der Waals surface area contributed by atoms with Crippen LogP contribution in [0.15, 0.2) is 24.3 Å². The Morgan fingerprint density at radius 3 is 1.84 bits per heavy atom. The van der Waals surface area contributed by atoms with Gasteiger partial charge in [0.05, 0.1) is 13.2 Å². The fourth-order valence-electron chi connectivity index (χ4n) is 0.921. The second kappa shape index (κ2) is 12.3. The van der Waals surface area contributed by atoms with Crippen LogP contribution in [0.4, 0.5) is 0 Å². The SMILES string of the molecule is CC=CC(=O)OCCCCOC(=O)/C=C\C(=O)O.N. The van der Waals surface area contributed by atoms with E-state index < -0.39 is 17.9 Å². The van der Waals surface area contributed by atoms with Gasteiger partial charge in [-0.2, -0.15) is 0 Å². The van der Waals surface area contributed by atoms with Gasteiger partial charge in [-0.25, -0.2) is 14.4 Å². The molecule has 0 radical (unpaired) electrons. The molecule has 0 atom stereocenters. The molecule has 19 heavy (non-hydrogen) atoms. The minimum atomic E-state index is -1.21. The summed E-state index contributed by atoms with van der Waals surface area (Å²) in [6, 6.07) is 0. The smallest absolute Gasteiger partial charge is 0.331 e. The molecule has 0 aliphatic heterocycles. The summed E-state index contributed by atoms with van der Waals surface area (Å²) < 4.78 is 9.51. The first-order valence-corrected chi connectivity index (χ1v) is 5.43. The Bertz CT molecular complexity index is 348. The number of esters is 2. The minimum Gasteiger partial charge on any atom is -0.478 e. The molecule has 0 aromatic rings. The minimum absolute atomic E-state index is 0. The molecule has 7 nitrogen and oxygen atoms in total. The van der Waals surface area contributed by atoms with Gasteiger partial charge in [0, 0.05) is 18.2 Å². The van der Waals surface area contributed by atoms with Crippen molar-refractivity contribution in [2.24, 2.45) is 0 Å². The molecule has 0 amide bonds. The highest BCUT2D eigenvalue weighted by atomic mass is 16.5. The summed E-state index contributed by atoms with van der Waals surface area (Å²) in [6.07, 6.45) is 5.56. The summed E-state index contributed by atoms with van der Waals surface area (Å²) in [5.41, 5.74) is 0. The van der Waals surface area contributed by atoms with E-state index in [1.54, 1.807) is 13.0 Å². The Hall–Kier alpha value is -2.15. The standard InChI is InChI=1S/C12H16O6.H3N/c1-2-5-11(15)17-8-3-4-9-18-12(16)7-6-10(13)14;/h2,5-7H,3-4,8-9H2,1H3,(H,13,14);1H3/b5-2?,7-6-;. The van der Waals surface area contributed by atoms with E-state index in [4.69, 9.17) is 14.6 Å².